The molecule has 1 atom stereocenters. The van der Waals surface area contributed by atoms with Gasteiger partial charge in [-0.25, -0.2) is 4.79 Å². The summed E-state index contributed by atoms with van der Waals surface area (Å²) in [6, 6.07) is 13.2. The number of carbonyl (C=O) groups excluding carboxylic acids is 1. The van der Waals surface area contributed by atoms with E-state index in [2.05, 4.69) is 20.4 Å². The van der Waals surface area contributed by atoms with Crippen molar-refractivity contribution < 1.29 is 9.32 Å². The molecule has 0 bridgehead atoms. The number of pyridine rings is 1. The number of nitrogens with one attached hydrogen (secondary N) is 1. The molecule has 1 saturated heterocycles. The third-order valence-corrected chi connectivity index (χ3v) is 4.69. The summed E-state index contributed by atoms with van der Waals surface area (Å²) in [5.41, 5.74) is 1.86. The Morgan fingerprint density at radius 1 is 1.19 bits per heavy atom. The van der Waals surface area contributed by atoms with Crippen LogP contribution >= 0.6 is 0 Å². The van der Waals surface area contributed by atoms with Gasteiger partial charge >= 0.3 is 6.03 Å². The van der Waals surface area contributed by atoms with Gasteiger partial charge in [0.1, 0.15) is 6.04 Å². The van der Waals surface area contributed by atoms with E-state index in [9.17, 15) is 4.79 Å². The third kappa shape index (κ3) is 3.97. The highest BCUT2D eigenvalue weighted by Gasteiger charge is 2.32. The van der Waals surface area contributed by atoms with Crippen LogP contribution in [0.5, 0.6) is 0 Å². The van der Waals surface area contributed by atoms with Crippen molar-refractivity contribution in [3.05, 3.63) is 66.3 Å². The summed E-state index contributed by atoms with van der Waals surface area (Å²) in [6.07, 6.45) is 6.28. The molecule has 1 aromatic carbocycles. The zero-order valence-electron chi connectivity index (χ0n) is 14.9. The van der Waals surface area contributed by atoms with E-state index in [-0.39, 0.29) is 12.1 Å². The lowest BCUT2D eigenvalue weighted by molar-refractivity contribution is 0.131. The molecule has 1 aliphatic heterocycles. The molecule has 2 aromatic heterocycles. The number of hydrogen-bond acceptors (Lipinski definition) is 5. The molecule has 4 rings (SSSR count). The van der Waals surface area contributed by atoms with Crippen LogP contribution in [0.4, 0.5) is 4.79 Å². The number of piperidine rings is 1. The number of benzene rings is 1. The maximum absolute atomic E-state index is 12.7. The second kappa shape index (κ2) is 7.99. The minimum Gasteiger partial charge on any atom is -0.337 e. The topological polar surface area (TPSA) is 84.2 Å². The van der Waals surface area contributed by atoms with Crippen molar-refractivity contribution in [2.75, 3.05) is 6.54 Å². The first-order valence-corrected chi connectivity index (χ1v) is 9.13. The lowest BCUT2D eigenvalue weighted by Gasteiger charge is -2.33. The molecule has 1 unspecified atom stereocenters. The first kappa shape index (κ1) is 17.2. The summed E-state index contributed by atoms with van der Waals surface area (Å²) >= 11 is 0. The van der Waals surface area contributed by atoms with Gasteiger partial charge in [-0.3, -0.25) is 4.98 Å². The van der Waals surface area contributed by atoms with E-state index in [0.29, 0.717) is 24.8 Å². The van der Waals surface area contributed by atoms with E-state index in [1.54, 1.807) is 17.3 Å². The van der Waals surface area contributed by atoms with Gasteiger partial charge in [-0.05, 0) is 30.9 Å². The smallest absolute Gasteiger partial charge is 0.318 e. The largest absolute Gasteiger partial charge is 0.337 e. The molecule has 0 spiro atoms. The van der Waals surface area contributed by atoms with E-state index in [4.69, 9.17) is 4.52 Å². The van der Waals surface area contributed by atoms with Crippen molar-refractivity contribution in [1.82, 2.24) is 25.3 Å². The normalized spacial score (nSPS) is 16.9. The Balaban J connectivity index is 1.47. The molecule has 1 aliphatic rings. The van der Waals surface area contributed by atoms with E-state index >= 15 is 0 Å². The minimum absolute atomic E-state index is 0.122. The fourth-order valence-electron chi connectivity index (χ4n) is 3.29. The van der Waals surface area contributed by atoms with Gasteiger partial charge in [-0.2, -0.15) is 4.98 Å². The maximum Gasteiger partial charge on any atom is 0.318 e. The Labute approximate surface area is 157 Å². The molecule has 1 fully saturated rings. The Morgan fingerprint density at radius 2 is 2.07 bits per heavy atom. The van der Waals surface area contributed by atoms with Crippen LogP contribution in [0.2, 0.25) is 0 Å². The summed E-state index contributed by atoms with van der Waals surface area (Å²) in [7, 11) is 0. The molecule has 3 aromatic rings. The number of urea groups is 1. The van der Waals surface area contributed by atoms with Crippen molar-refractivity contribution in [3.8, 4) is 11.4 Å². The second-order valence-electron chi connectivity index (χ2n) is 6.55. The van der Waals surface area contributed by atoms with E-state index in [1.165, 1.54) is 0 Å². The average molecular weight is 363 g/mol. The maximum atomic E-state index is 12.7. The molecular weight excluding hydrogens is 342 g/mol. The molecule has 1 N–H and O–H groups in total. The Bertz CT molecular complexity index is 882. The van der Waals surface area contributed by atoms with Gasteiger partial charge in [0.05, 0.1) is 0 Å². The Hall–Kier alpha value is -3.22. The fourth-order valence-corrected chi connectivity index (χ4v) is 3.29. The van der Waals surface area contributed by atoms with Crippen LogP contribution in [-0.4, -0.2) is 32.6 Å². The standard InChI is InChI=1S/C20H21N5O2/c26-20(22-14-15-7-6-11-21-13-15)25-12-5-4-10-17(25)19-23-18(24-27-19)16-8-2-1-3-9-16/h1-3,6-9,11,13,17H,4-5,10,12,14H2,(H,22,26). The monoisotopic (exact) mass is 363 g/mol. The predicted molar refractivity (Wildman–Crippen MR) is 99.5 cm³/mol. The summed E-state index contributed by atoms with van der Waals surface area (Å²) in [6.45, 7) is 1.11. The fraction of sp³-hybridized carbons (Fsp3) is 0.300. The minimum atomic E-state index is -0.197. The molecule has 0 saturated carbocycles. The van der Waals surface area contributed by atoms with Gasteiger partial charge < -0.3 is 14.7 Å². The molecular formula is C20H21N5O2. The average Bonchev–Trinajstić information content (AvgIpc) is 3.23. The third-order valence-electron chi connectivity index (χ3n) is 4.69. The quantitative estimate of drug-likeness (QED) is 0.766. The van der Waals surface area contributed by atoms with Crippen molar-refractivity contribution >= 4 is 6.03 Å². The van der Waals surface area contributed by atoms with Crippen LogP contribution in [0.25, 0.3) is 11.4 Å². The van der Waals surface area contributed by atoms with Gasteiger partial charge in [0.2, 0.25) is 11.7 Å². The molecule has 7 heteroatoms. The Morgan fingerprint density at radius 3 is 2.89 bits per heavy atom. The van der Waals surface area contributed by atoms with E-state index in [0.717, 1.165) is 30.4 Å². The van der Waals surface area contributed by atoms with Crippen LogP contribution < -0.4 is 5.32 Å². The van der Waals surface area contributed by atoms with Crippen molar-refractivity contribution in [1.29, 1.82) is 0 Å². The number of aromatic nitrogens is 3. The summed E-state index contributed by atoms with van der Waals surface area (Å²) in [4.78, 5) is 23.1. The predicted octanol–water partition coefficient (Wildman–Crippen LogP) is 3.57. The van der Waals surface area contributed by atoms with Gasteiger partial charge in [0, 0.05) is 31.0 Å². The molecule has 0 radical (unpaired) electrons. The van der Waals surface area contributed by atoms with Crippen molar-refractivity contribution in [2.45, 2.75) is 31.8 Å². The second-order valence-corrected chi connectivity index (χ2v) is 6.55. The van der Waals surface area contributed by atoms with E-state index in [1.807, 2.05) is 42.5 Å². The number of rotatable bonds is 4. The number of nitrogens with zero attached hydrogens (tertiary/aromatic N) is 4. The van der Waals surface area contributed by atoms with Crippen molar-refractivity contribution in [2.24, 2.45) is 0 Å². The van der Waals surface area contributed by atoms with Crippen molar-refractivity contribution in [3.63, 3.8) is 0 Å². The van der Waals surface area contributed by atoms with Gasteiger partial charge in [0.15, 0.2) is 0 Å². The lowest BCUT2D eigenvalue weighted by Crippen LogP contribution is -2.44. The lowest BCUT2D eigenvalue weighted by atomic mass is 10.0. The molecule has 0 aliphatic carbocycles. The first-order valence-electron chi connectivity index (χ1n) is 9.13. The summed E-state index contributed by atoms with van der Waals surface area (Å²) in [5, 5.41) is 7.06. The molecule has 27 heavy (non-hydrogen) atoms. The van der Waals surface area contributed by atoms with E-state index < -0.39 is 0 Å². The molecule has 3 heterocycles. The molecule has 138 valence electrons. The van der Waals surface area contributed by atoms with Gasteiger partial charge in [-0.15, -0.1) is 0 Å². The molecule has 7 nitrogen and oxygen atoms in total. The highest BCUT2D eigenvalue weighted by atomic mass is 16.5. The highest BCUT2D eigenvalue weighted by Crippen LogP contribution is 2.31. The number of likely N-dealkylation sites (tertiary alicyclic amines) is 1. The van der Waals surface area contributed by atoms with Gasteiger partial charge in [0.25, 0.3) is 0 Å². The zero-order chi connectivity index (χ0) is 18.5. The Kier molecular flexibility index (Phi) is 5.09. The van der Waals surface area contributed by atoms with Crippen LogP contribution in [0.15, 0.2) is 59.4 Å². The SMILES string of the molecule is O=C(NCc1cccnc1)N1CCCCC1c1nc(-c2ccccc2)no1. The first-order chi connectivity index (χ1) is 13.3. The van der Waals surface area contributed by atoms with Crippen LogP contribution in [0.3, 0.4) is 0 Å². The van der Waals surface area contributed by atoms with Crippen LogP contribution in [0, 0.1) is 0 Å². The van der Waals surface area contributed by atoms with Crippen LogP contribution in [-0.2, 0) is 6.54 Å². The summed E-state index contributed by atoms with van der Waals surface area (Å²) < 4.78 is 5.51. The summed E-state index contributed by atoms with van der Waals surface area (Å²) in [5.74, 6) is 1.04. The molecule has 2 amide bonds. The van der Waals surface area contributed by atoms with Gasteiger partial charge in [-0.1, -0.05) is 41.6 Å². The van der Waals surface area contributed by atoms with Crippen LogP contribution in [0.1, 0.15) is 36.8 Å². The number of hydrogen-bond donors (Lipinski definition) is 1. The number of carbonyl (C=O) groups is 1. The highest BCUT2D eigenvalue weighted by molar-refractivity contribution is 5.74. The zero-order valence-corrected chi connectivity index (χ0v) is 14.9. The number of amides is 2.